The van der Waals surface area contributed by atoms with E-state index in [-0.39, 0.29) is 5.60 Å². The maximum absolute atomic E-state index is 5.13. The first-order chi connectivity index (χ1) is 5.48. The van der Waals surface area contributed by atoms with Gasteiger partial charge in [0.2, 0.25) is 0 Å². The van der Waals surface area contributed by atoms with E-state index in [1.165, 1.54) is 0 Å². The fourth-order valence-corrected chi connectivity index (χ4v) is 0.964. The van der Waals surface area contributed by atoms with Gasteiger partial charge in [-0.2, -0.15) is 0 Å². The minimum atomic E-state index is -0.182. The Hall–Kier alpha value is -0.120. The zero-order valence-electron chi connectivity index (χ0n) is 8.68. The lowest BCUT2D eigenvalue weighted by Gasteiger charge is -2.21. The molecule has 0 atom stereocenters. The quantitative estimate of drug-likeness (QED) is 0.473. The van der Waals surface area contributed by atoms with Crippen LogP contribution in [0.15, 0.2) is 0 Å². The standard InChI is InChI=1S/C9H22N2O/c1-8(2)11-7-5-6-9(3,4)12-10/h8,11H,5-7,10H2,1-4H3. The smallest absolute Gasteiger partial charge is 0.0838 e. The topological polar surface area (TPSA) is 47.3 Å². The van der Waals surface area contributed by atoms with Crippen LogP contribution in [0.25, 0.3) is 0 Å². The Labute approximate surface area is 75.6 Å². The maximum atomic E-state index is 5.13. The first-order valence-electron chi connectivity index (χ1n) is 4.59. The van der Waals surface area contributed by atoms with Crippen molar-refractivity contribution in [2.75, 3.05) is 6.54 Å². The lowest BCUT2D eigenvalue weighted by atomic mass is 10.0. The first-order valence-corrected chi connectivity index (χ1v) is 4.59. The third kappa shape index (κ3) is 6.58. The number of nitrogens with two attached hydrogens (primary N) is 1. The molecule has 0 fully saturated rings. The molecule has 0 saturated carbocycles. The van der Waals surface area contributed by atoms with Crippen molar-refractivity contribution in [2.45, 2.75) is 52.2 Å². The van der Waals surface area contributed by atoms with Gasteiger partial charge in [-0.15, -0.1) is 0 Å². The van der Waals surface area contributed by atoms with E-state index in [2.05, 4.69) is 19.2 Å². The average Bonchev–Trinajstić information content (AvgIpc) is 1.98. The SMILES string of the molecule is CC(C)NCCCC(C)(C)ON. The second-order valence-corrected chi connectivity index (χ2v) is 4.09. The lowest BCUT2D eigenvalue weighted by molar-refractivity contribution is -0.0265. The zero-order valence-corrected chi connectivity index (χ0v) is 8.68. The highest BCUT2D eigenvalue weighted by Crippen LogP contribution is 2.13. The Kier molecular flexibility index (Phi) is 5.46. The zero-order chi connectivity index (χ0) is 9.61. The van der Waals surface area contributed by atoms with Gasteiger partial charge in [-0.25, -0.2) is 5.90 Å². The van der Waals surface area contributed by atoms with Crippen LogP contribution in [-0.4, -0.2) is 18.2 Å². The van der Waals surface area contributed by atoms with Crippen LogP contribution in [0.1, 0.15) is 40.5 Å². The highest BCUT2D eigenvalue weighted by molar-refractivity contribution is 4.67. The second-order valence-electron chi connectivity index (χ2n) is 4.09. The molecule has 12 heavy (non-hydrogen) atoms. The summed E-state index contributed by atoms with van der Waals surface area (Å²) in [5, 5.41) is 3.35. The summed E-state index contributed by atoms with van der Waals surface area (Å²) in [5.74, 6) is 5.13. The summed E-state index contributed by atoms with van der Waals surface area (Å²) in [5.41, 5.74) is -0.182. The van der Waals surface area contributed by atoms with Crippen molar-refractivity contribution in [3.8, 4) is 0 Å². The second kappa shape index (κ2) is 5.51. The van der Waals surface area contributed by atoms with Gasteiger partial charge in [-0.1, -0.05) is 13.8 Å². The third-order valence-electron chi connectivity index (χ3n) is 1.83. The van der Waals surface area contributed by atoms with Gasteiger partial charge in [0.1, 0.15) is 0 Å². The van der Waals surface area contributed by atoms with E-state index in [1.807, 2.05) is 13.8 Å². The van der Waals surface area contributed by atoms with Crippen molar-refractivity contribution >= 4 is 0 Å². The fraction of sp³-hybridized carbons (Fsp3) is 1.00. The molecule has 0 aromatic heterocycles. The monoisotopic (exact) mass is 174 g/mol. The van der Waals surface area contributed by atoms with Gasteiger partial charge in [-0.3, -0.25) is 4.84 Å². The van der Waals surface area contributed by atoms with E-state index in [0.717, 1.165) is 19.4 Å². The fourth-order valence-electron chi connectivity index (χ4n) is 0.964. The van der Waals surface area contributed by atoms with Crippen LogP contribution in [0.5, 0.6) is 0 Å². The largest absolute Gasteiger partial charge is 0.315 e. The predicted octanol–water partition coefficient (Wildman–Crippen LogP) is 1.43. The van der Waals surface area contributed by atoms with Crippen LogP contribution in [0.2, 0.25) is 0 Å². The average molecular weight is 174 g/mol. The van der Waals surface area contributed by atoms with Crippen molar-refractivity contribution in [1.29, 1.82) is 0 Å². The molecule has 3 N–H and O–H groups in total. The Balaban J connectivity index is 3.31. The van der Waals surface area contributed by atoms with Crippen LogP contribution in [0.3, 0.4) is 0 Å². The molecule has 3 heteroatoms. The Morgan fingerprint density at radius 3 is 2.42 bits per heavy atom. The van der Waals surface area contributed by atoms with Crippen LogP contribution >= 0.6 is 0 Å². The van der Waals surface area contributed by atoms with E-state index in [0.29, 0.717) is 6.04 Å². The van der Waals surface area contributed by atoms with Gasteiger partial charge in [0.15, 0.2) is 0 Å². The summed E-state index contributed by atoms with van der Waals surface area (Å²) in [6.07, 6.45) is 2.09. The molecule has 3 nitrogen and oxygen atoms in total. The van der Waals surface area contributed by atoms with Crippen molar-refractivity contribution in [3.63, 3.8) is 0 Å². The number of hydrogen-bond acceptors (Lipinski definition) is 3. The predicted molar refractivity (Wildman–Crippen MR) is 51.7 cm³/mol. The molecule has 0 saturated heterocycles. The van der Waals surface area contributed by atoms with E-state index in [1.54, 1.807) is 0 Å². The van der Waals surface area contributed by atoms with Gasteiger partial charge in [0.25, 0.3) is 0 Å². The number of hydrogen-bond donors (Lipinski definition) is 2. The Morgan fingerprint density at radius 1 is 1.42 bits per heavy atom. The van der Waals surface area contributed by atoms with E-state index < -0.39 is 0 Å². The molecule has 0 radical (unpaired) electrons. The van der Waals surface area contributed by atoms with Crippen molar-refractivity contribution in [2.24, 2.45) is 5.90 Å². The highest BCUT2D eigenvalue weighted by atomic mass is 16.6. The molecule has 0 heterocycles. The van der Waals surface area contributed by atoms with Gasteiger partial charge in [-0.05, 0) is 33.2 Å². The maximum Gasteiger partial charge on any atom is 0.0838 e. The van der Waals surface area contributed by atoms with Crippen molar-refractivity contribution in [1.82, 2.24) is 5.32 Å². The molecule has 0 aromatic carbocycles. The summed E-state index contributed by atoms with van der Waals surface area (Å²) < 4.78 is 0. The van der Waals surface area contributed by atoms with Crippen LogP contribution in [0.4, 0.5) is 0 Å². The summed E-state index contributed by atoms with van der Waals surface area (Å²) >= 11 is 0. The normalized spacial score (nSPS) is 12.5. The lowest BCUT2D eigenvalue weighted by Crippen LogP contribution is -2.30. The first kappa shape index (κ1) is 11.9. The Morgan fingerprint density at radius 2 is 2.00 bits per heavy atom. The van der Waals surface area contributed by atoms with Gasteiger partial charge < -0.3 is 5.32 Å². The molecule has 0 amide bonds. The van der Waals surface area contributed by atoms with E-state index in [9.17, 15) is 0 Å². The number of nitrogens with one attached hydrogen (secondary N) is 1. The molecule has 74 valence electrons. The summed E-state index contributed by atoms with van der Waals surface area (Å²) in [4.78, 5) is 4.82. The molecular formula is C9H22N2O. The van der Waals surface area contributed by atoms with Gasteiger partial charge in [0.05, 0.1) is 5.60 Å². The van der Waals surface area contributed by atoms with E-state index in [4.69, 9.17) is 10.7 Å². The minimum absolute atomic E-state index is 0.182. The van der Waals surface area contributed by atoms with E-state index >= 15 is 0 Å². The van der Waals surface area contributed by atoms with Gasteiger partial charge in [0, 0.05) is 6.04 Å². The summed E-state index contributed by atoms with van der Waals surface area (Å²) in [7, 11) is 0. The molecule has 0 aliphatic rings. The highest BCUT2D eigenvalue weighted by Gasteiger charge is 2.15. The molecule has 0 aromatic rings. The molecule has 0 aliphatic carbocycles. The van der Waals surface area contributed by atoms with Crippen molar-refractivity contribution < 1.29 is 4.84 Å². The Bertz CT molecular complexity index is 113. The molecule has 0 unspecified atom stereocenters. The van der Waals surface area contributed by atoms with Crippen LogP contribution < -0.4 is 11.2 Å². The van der Waals surface area contributed by atoms with Crippen LogP contribution in [0, 0.1) is 0 Å². The van der Waals surface area contributed by atoms with Crippen LogP contribution in [-0.2, 0) is 4.84 Å². The summed E-state index contributed by atoms with van der Waals surface area (Å²) in [6, 6.07) is 0.562. The molecule has 0 aliphatic heterocycles. The van der Waals surface area contributed by atoms with Gasteiger partial charge >= 0.3 is 0 Å². The minimum Gasteiger partial charge on any atom is -0.315 e. The van der Waals surface area contributed by atoms with Crippen molar-refractivity contribution in [3.05, 3.63) is 0 Å². The molecule has 0 rings (SSSR count). The molecular weight excluding hydrogens is 152 g/mol. The molecule has 0 bridgehead atoms. The molecule has 0 spiro atoms. The number of rotatable bonds is 6. The third-order valence-corrected chi connectivity index (χ3v) is 1.83. The summed E-state index contributed by atoms with van der Waals surface area (Å²) in [6.45, 7) is 9.32.